The fraction of sp³-hybridized carbons (Fsp3) is 0.235. The van der Waals surface area contributed by atoms with Crippen molar-refractivity contribution in [1.82, 2.24) is 19.6 Å². The van der Waals surface area contributed by atoms with Gasteiger partial charge in [-0.15, -0.1) is 5.10 Å². The Morgan fingerprint density at radius 3 is 2.64 bits per heavy atom. The molecular formula is C17H21N7O. The molecule has 2 N–H and O–H groups in total. The Bertz CT molecular complexity index is 905. The second kappa shape index (κ2) is 7.52. The van der Waals surface area contributed by atoms with Crippen LogP contribution in [0.1, 0.15) is 24.0 Å². The number of allylic oxidation sites excluding steroid dienone is 3. The average molecular weight is 339 g/mol. The zero-order valence-corrected chi connectivity index (χ0v) is 14.7. The van der Waals surface area contributed by atoms with E-state index in [2.05, 4.69) is 44.9 Å². The quantitative estimate of drug-likeness (QED) is 0.494. The van der Waals surface area contributed by atoms with Crippen molar-refractivity contribution in [2.24, 2.45) is 9.98 Å². The molecule has 0 bridgehead atoms. The molecule has 0 spiro atoms. The number of hydrogen-bond donors (Lipinski definition) is 1. The number of aliphatic imine (C=N–C) groups is 2. The predicted molar refractivity (Wildman–Crippen MR) is 99.8 cm³/mol. The van der Waals surface area contributed by atoms with Crippen molar-refractivity contribution in [2.45, 2.75) is 20.3 Å². The molecule has 0 radical (unpaired) electrons. The topological polar surface area (TPSA) is 103 Å². The Hall–Kier alpha value is -3.29. The summed E-state index contributed by atoms with van der Waals surface area (Å²) in [6, 6.07) is 0. The molecule has 0 atom stereocenters. The van der Waals surface area contributed by atoms with Gasteiger partial charge in [-0.2, -0.15) is 4.52 Å². The highest BCUT2D eigenvalue weighted by Gasteiger charge is 2.18. The molecule has 0 saturated carbocycles. The molecule has 2 aromatic heterocycles. The van der Waals surface area contributed by atoms with Crippen LogP contribution in [0.4, 0.5) is 5.95 Å². The molecule has 2 rings (SSSR count). The second-order valence-electron chi connectivity index (χ2n) is 5.20. The third-order valence-corrected chi connectivity index (χ3v) is 3.67. The highest BCUT2D eigenvalue weighted by Crippen LogP contribution is 2.19. The number of rotatable bonds is 6. The zero-order chi connectivity index (χ0) is 18.6. The van der Waals surface area contributed by atoms with E-state index >= 15 is 0 Å². The maximum Gasteiger partial charge on any atom is 0.240 e. The maximum atomic E-state index is 6.03. The van der Waals surface area contributed by atoms with Crippen LogP contribution in [0, 0.1) is 6.92 Å². The van der Waals surface area contributed by atoms with Crippen LogP contribution in [0.2, 0.25) is 0 Å². The van der Waals surface area contributed by atoms with E-state index in [4.69, 9.17) is 10.5 Å². The molecule has 0 saturated heterocycles. The molecule has 25 heavy (non-hydrogen) atoms. The fourth-order valence-electron chi connectivity index (χ4n) is 2.27. The Kier molecular flexibility index (Phi) is 5.43. The SMILES string of the molecule is C=CN=C(OC)c1nc(N)n2nc(C/C(N=C)=C(\C)C=C)nc2c1C. The number of methoxy groups -OCH3 is 1. The van der Waals surface area contributed by atoms with Gasteiger partial charge in [-0.25, -0.2) is 15.0 Å². The van der Waals surface area contributed by atoms with E-state index in [1.165, 1.54) is 17.8 Å². The molecule has 0 aromatic carbocycles. The van der Waals surface area contributed by atoms with Gasteiger partial charge < -0.3 is 10.5 Å². The van der Waals surface area contributed by atoms with Crippen molar-refractivity contribution in [2.75, 3.05) is 12.8 Å². The number of aryl methyl sites for hydroxylation is 1. The van der Waals surface area contributed by atoms with Crippen LogP contribution >= 0.6 is 0 Å². The van der Waals surface area contributed by atoms with Crippen molar-refractivity contribution in [3.05, 3.63) is 53.8 Å². The van der Waals surface area contributed by atoms with Crippen molar-refractivity contribution in [1.29, 1.82) is 0 Å². The van der Waals surface area contributed by atoms with E-state index in [-0.39, 0.29) is 5.95 Å². The van der Waals surface area contributed by atoms with Gasteiger partial charge in [0.2, 0.25) is 11.8 Å². The first-order valence-electron chi connectivity index (χ1n) is 7.50. The lowest BCUT2D eigenvalue weighted by Gasteiger charge is -2.08. The van der Waals surface area contributed by atoms with Gasteiger partial charge in [0, 0.05) is 11.8 Å². The molecular weight excluding hydrogens is 318 g/mol. The van der Waals surface area contributed by atoms with Crippen LogP contribution < -0.4 is 5.73 Å². The summed E-state index contributed by atoms with van der Waals surface area (Å²) in [5.74, 6) is 1.04. The van der Waals surface area contributed by atoms with Crippen LogP contribution in [-0.4, -0.2) is 39.3 Å². The highest BCUT2D eigenvalue weighted by atomic mass is 16.5. The minimum absolute atomic E-state index is 0.181. The highest BCUT2D eigenvalue weighted by molar-refractivity contribution is 5.95. The zero-order valence-electron chi connectivity index (χ0n) is 14.7. The molecule has 130 valence electrons. The second-order valence-corrected chi connectivity index (χ2v) is 5.20. The van der Waals surface area contributed by atoms with E-state index in [0.717, 1.165) is 16.8 Å². The number of nitrogens with zero attached hydrogens (tertiary/aromatic N) is 6. The Morgan fingerprint density at radius 2 is 2.08 bits per heavy atom. The van der Waals surface area contributed by atoms with Crippen LogP contribution in [0.15, 0.2) is 46.7 Å². The lowest BCUT2D eigenvalue weighted by Crippen LogP contribution is -2.14. The number of aromatic nitrogens is 4. The molecule has 0 unspecified atom stereocenters. The molecule has 2 heterocycles. The largest absolute Gasteiger partial charge is 0.479 e. The van der Waals surface area contributed by atoms with Crippen molar-refractivity contribution in [3.63, 3.8) is 0 Å². The van der Waals surface area contributed by atoms with Crippen LogP contribution in [-0.2, 0) is 11.2 Å². The van der Waals surface area contributed by atoms with Gasteiger partial charge in [-0.05, 0) is 26.1 Å². The van der Waals surface area contributed by atoms with Gasteiger partial charge in [0.15, 0.2) is 11.5 Å². The minimum atomic E-state index is 0.181. The third-order valence-electron chi connectivity index (χ3n) is 3.67. The summed E-state index contributed by atoms with van der Waals surface area (Å²) in [6.07, 6.45) is 3.51. The molecule has 8 nitrogen and oxygen atoms in total. The first-order chi connectivity index (χ1) is 12.0. The maximum absolute atomic E-state index is 6.03. The first kappa shape index (κ1) is 18.1. The van der Waals surface area contributed by atoms with E-state index in [1.807, 2.05) is 13.8 Å². The van der Waals surface area contributed by atoms with Gasteiger partial charge in [0.1, 0.15) is 5.69 Å². The van der Waals surface area contributed by atoms with Gasteiger partial charge in [0.25, 0.3) is 0 Å². The monoisotopic (exact) mass is 339 g/mol. The number of nitrogens with two attached hydrogens (primary N) is 1. The lowest BCUT2D eigenvalue weighted by molar-refractivity contribution is 0.403. The molecule has 0 aliphatic heterocycles. The van der Waals surface area contributed by atoms with E-state index < -0.39 is 0 Å². The number of nitrogen functional groups attached to an aromatic ring is 1. The molecule has 0 fully saturated rings. The minimum Gasteiger partial charge on any atom is -0.479 e. The van der Waals surface area contributed by atoms with Crippen molar-refractivity contribution in [3.8, 4) is 0 Å². The molecule has 8 heteroatoms. The first-order valence-corrected chi connectivity index (χ1v) is 7.50. The van der Waals surface area contributed by atoms with E-state index in [1.54, 1.807) is 6.08 Å². The smallest absolute Gasteiger partial charge is 0.240 e. The molecule has 0 aliphatic rings. The fourth-order valence-corrected chi connectivity index (χ4v) is 2.27. The normalized spacial score (nSPS) is 12.7. The van der Waals surface area contributed by atoms with E-state index in [9.17, 15) is 0 Å². The number of ether oxygens (including phenoxy) is 1. The Balaban J connectivity index is 2.61. The Morgan fingerprint density at radius 1 is 1.36 bits per heavy atom. The number of hydrogen-bond acceptors (Lipinski definition) is 7. The van der Waals surface area contributed by atoms with Gasteiger partial charge in [-0.3, -0.25) is 4.99 Å². The molecule has 2 aromatic rings. The Labute approximate surface area is 146 Å². The summed E-state index contributed by atoms with van der Waals surface area (Å²) in [4.78, 5) is 17.0. The van der Waals surface area contributed by atoms with Gasteiger partial charge in [-0.1, -0.05) is 19.2 Å². The average Bonchev–Trinajstić information content (AvgIpc) is 3.05. The van der Waals surface area contributed by atoms with Crippen LogP contribution in [0.25, 0.3) is 5.65 Å². The van der Waals surface area contributed by atoms with Crippen LogP contribution in [0.3, 0.4) is 0 Å². The summed E-state index contributed by atoms with van der Waals surface area (Å²) in [5.41, 5.74) is 9.50. The summed E-state index contributed by atoms with van der Waals surface area (Å²) in [7, 11) is 1.50. The van der Waals surface area contributed by atoms with Gasteiger partial charge >= 0.3 is 0 Å². The van der Waals surface area contributed by atoms with E-state index in [0.29, 0.717) is 29.5 Å². The summed E-state index contributed by atoms with van der Waals surface area (Å²) >= 11 is 0. The molecule has 0 aliphatic carbocycles. The summed E-state index contributed by atoms with van der Waals surface area (Å²) < 4.78 is 6.74. The molecule has 0 amide bonds. The summed E-state index contributed by atoms with van der Waals surface area (Å²) in [5, 5.41) is 4.41. The lowest BCUT2D eigenvalue weighted by atomic mass is 10.2. The third kappa shape index (κ3) is 3.47. The van der Waals surface area contributed by atoms with Gasteiger partial charge in [0.05, 0.1) is 19.2 Å². The van der Waals surface area contributed by atoms with Crippen LogP contribution in [0.5, 0.6) is 0 Å². The number of fused-ring (bicyclic) bond motifs is 1. The van der Waals surface area contributed by atoms with Crippen molar-refractivity contribution < 1.29 is 4.74 Å². The predicted octanol–water partition coefficient (Wildman–Crippen LogP) is 2.25. The summed E-state index contributed by atoms with van der Waals surface area (Å²) in [6.45, 7) is 14.7. The standard InChI is InChI=1S/C17H21N7O/c1-7-10(3)12(19-5)9-13-21-15-11(4)14(16(25-6)20-8-2)22-17(18)24(15)23-13/h7-8H,1-2,5,9H2,3-4,6H3,(H2,18,22)/b12-10-,20-16?. The van der Waals surface area contributed by atoms with Crippen molar-refractivity contribution >= 4 is 24.2 Å². The number of anilines is 1.